The summed E-state index contributed by atoms with van der Waals surface area (Å²) in [7, 11) is 1.60. The molecule has 1 aromatic heterocycles. The topological polar surface area (TPSA) is 96.7 Å². The molecule has 26 heavy (non-hydrogen) atoms. The molecule has 0 saturated carbocycles. The molecule has 138 valence electrons. The van der Waals surface area contributed by atoms with Crippen LogP contribution in [-0.2, 0) is 17.7 Å². The lowest BCUT2D eigenvalue weighted by Crippen LogP contribution is -2.43. The van der Waals surface area contributed by atoms with Gasteiger partial charge < -0.3 is 26.0 Å². The summed E-state index contributed by atoms with van der Waals surface area (Å²) in [6.45, 7) is 2.11. The Morgan fingerprint density at radius 1 is 1.35 bits per heavy atom. The molecule has 0 atom stereocenters. The van der Waals surface area contributed by atoms with Crippen molar-refractivity contribution >= 4 is 34.6 Å². The van der Waals surface area contributed by atoms with Gasteiger partial charge in [0.25, 0.3) is 5.91 Å². The molecule has 3 rings (SSSR count). The van der Waals surface area contributed by atoms with E-state index in [1.165, 1.54) is 11.3 Å². The average molecular weight is 374 g/mol. The zero-order valence-corrected chi connectivity index (χ0v) is 15.4. The van der Waals surface area contributed by atoms with Crippen LogP contribution in [0.3, 0.4) is 0 Å². The molecule has 2 heterocycles. The molecule has 4 N–H and O–H groups in total. The highest BCUT2D eigenvalue weighted by atomic mass is 32.1. The van der Waals surface area contributed by atoms with E-state index < -0.39 is 0 Å². The quantitative estimate of drug-likeness (QED) is 0.553. The van der Waals surface area contributed by atoms with Crippen LogP contribution in [0.25, 0.3) is 0 Å². The number of rotatable bonds is 5. The average Bonchev–Trinajstić information content (AvgIpc) is 3.07. The minimum absolute atomic E-state index is 0.109. The third kappa shape index (κ3) is 4.14. The largest absolute Gasteiger partial charge is 0.397 e. The number of thiophene rings is 1. The van der Waals surface area contributed by atoms with Crippen LogP contribution >= 0.6 is 11.3 Å². The molecular formula is C18H22N4O3S. The van der Waals surface area contributed by atoms with E-state index in [1.54, 1.807) is 24.1 Å². The first-order chi connectivity index (χ1) is 12.6. The maximum absolute atomic E-state index is 12.5. The standard InChI is InChI=1S/C18H22N4O3S/c1-25-9-7-20-18(24)22-8-6-15-12(11-22)10-16(26-15)17(23)21-14-5-3-2-4-13(14)19/h2-5,10H,6-9,11,19H2,1H3,(H,20,24)(H,21,23). The van der Waals surface area contributed by atoms with Crippen LogP contribution in [0.15, 0.2) is 30.3 Å². The molecule has 1 aliphatic rings. The number of carbonyl (C=O) groups excluding carboxylic acids is 2. The fourth-order valence-electron chi connectivity index (χ4n) is 2.78. The Hall–Kier alpha value is -2.58. The van der Waals surface area contributed by atoms with E-state index in [0.717, 1.165) is 16.9 Å². The van der Waals surface area contributed by atoms with Crippen LogP contribution < -0.4 is 16.4 Å². The summed E-state index contributed by atoms with van der Waals surface area (Å²) in [5.41, 5.74) is 8.03. The number of fused-ring (bicyclic) bond motifs is 1. The molecule has 1 aromatic carbocycles. The fourth-order valence-corrected chi connectivity index (χ4v) is 3.84. The van der Waals surface area contributed by atoms with Crippen molar-refractivity contribution in [3.8, 4) is 0 Å². The SMILES string of the molecule is COCCNC(=O)N1CCc2sc(C(=O)Nc3ccccc3N)cc2C1. The second kappa shape index (κ2) is 8.20. The van der Waals surface area contributed by atoms with Crippen LogP contribution in [0.2, 0.25) is 0 Å². The van der Waals surface area contributed by atoms with E-state index in [9.17, 15) is 9.59 Å². The lowest BCUT2D eigenvalue weighted by molar-refractivity contribution is 0.103. The number of nitrogens with two attached hydrogens (primary N) is 1. The number of para-hydroxylation sites is 2. The molecule has 0 fully saturated rings. The maximum atomic E-state index is 12.5. The van der Waals surface area contributed by atoms with E-state index in [1.807, 2.05) is 18.2 Å². The predicted molar refractivity (Wildman–Crippen MR) is 103 cm³/mol. The van der Waals surface area contributed by atoms with Gasteiger partial charge >= 0.3 is 6.03 Å². The monoisotopic (exact) mass is 374 g/mol. The van der Waals surface area contributed by atoms with Crippen molar-refractivity contribution in [1.29, 1.82) is 0 Å². The number of nitrogens with one attached hydrogen (secondary N) is 2. The number of anilines is 2. The Morgan fingerprint density at radius 2 is 2.15 bits per heavy atom. The summed E-state index contributed by atoms with van der Waals surface area (Å²) >= 11 is 1.47. The van der Waals surface area contributed by atoms with E-state index >= 15 is 0 Å². The highest BCUT2D eigenvalue weighted by molar-refractivity contribution is 7.14. The first kappa shape index (κ1) is 18.2. The first-order valence-corrected chi connectivity index (χ1v) is 9.19. The van der Waals surface area contributed by atoms with E-state index in [0.29, 0.717) is 42.5 Å². The van der Waals surface area contributed by atoms with Crippen molar-refractivity contribution in [3.05, 3.63) is 45.6 Å². The summed E-state index contributed by atoms with van der Waals surface area (Å²) in [6.07, 6.45) is 0.748. The van der Waals surface area contributed by atoms with Crippen molar-refractivity contribution in [3.63, 3.8) is 0 Å². The first-order valence-electron chi connectivity index (χ1n) is 8.37. The molecule has 0 aliphatic carbocycles. The van der Waals surface area contributed by atoms with Crippen LogP contribution in [0, 0.1) is 0 Å². The van der Waals surface area contributed by atoms with Gasteiger partial charge in [-0.2, -0.15) is 0 Å². The Bertz CT molecular complexity index is 805. The minimum Gasteiger partial charge on any atom is -0.397 e. The number of carbonyl (C=O) groups is 2. The summed E-state index contributed by atoms with van der Waals surface area (Å²) in [6, 6.07) is 8.92. The Kier molecular flexibility index (Phi) is 5.75. The molecule has 0 bridgehead atoms. The molecule has 0 spiro atoms. The number of ether oxygens (including phenoxy) is 1. The fraction of sp³-hybridized carbons (Fsp3) is 0.333. The molecular weight excluding hydrogens is 352 g/mol. The van der Waals surface area contributed by atoms with Gasteiger partial charge in [-0.15, -0.1) is 11.3 Å². The van der Waals surface area contributed by atoms with Crippen LogP contribution in [0.4, 0.5) is 16.2 Å². The van der Waals surface area contributed by atoms with Gasteiger partial charge in [0.05, 0.1) is 22.9 Å². The lowest BCUT2D eigenvalue weighted by Gasteiger charge is -2.27. The van der Waals surface area contributed by atoms with Gasteiger partial charge in [0, 0.05) is 31.6 Å². The summed E-state index contributed by atoms with van der Waals surface area (Å²) in [4.78, 5) is 28.2. The summed E-state index contributed by atoms with van der Waals surface area (Å²) < 4.78 is 4.94. The number of urea groups is 1. The second-order valence-electron chi connectivity index (χ2n) is 6.00. The smallest absolute Gasteiger partial charge is 0.317 e. The normalized spacial score (nSPS) is 13.2. The zero-order valence-electron chi connectivity index (χ0n) is 14.6. The van der Waals surface area contributed by atoms with Crippen molar-refractivity contribution in [2.75, 3.05) is 37.9 Å². The van der Waals surface area contributed by atoms with E-state index in [2.05, 4.69) is 10.6 Å². The van der Waals surface area contributed by atoms with Gasteiger partial charge in [-0.3, -0.25) is 4.79 Å². The molecule has 3 amide bonds. The molecule has 8 heteroatoms. The predicted octanol–water partition coefficient (Wildman–Crippen LogP) is 2.30. The van der Waals surface area contributed by atoms with Gasteiger partial charge in [-0.1, -0.05) is 12.1 Å². The minimum atomic E-state index is -0.182. The molecule has 2 aromatic rings. The Morgan fingerprint density at radius 3 is 2.92 bits per heavy atom. The molecule has 0 radical (unpaired) electrons. The van der Waals surface area contributed by atoms with Crippen LogP contribution in [0.1, 0.15) is 20.1 Å². The number of nitrogen functional groups attached to an aromatic ring is 1. The zero-order chi connectivity index (χ0) is 18.5. The van der Waals surface area contributed by atoms with Gasteiger partial charge in [-0.25, -0.2) is 4.79 Å². The van der Waals surface area contributed by atoms with Gasteiger partial charge in [-0.05, 0) is 30.2 Å². The number of nitrogens with zero attached hydrogens (tertiary/aromatic N) is 1. The highest BCUT2D eigenvalue weighted by Gasteiger charge is 2.24. The molecule has 0 saturated heterocycles. The maximum Gasteiger partial charge on any atom is 0.317 e. The van der Waals surface area contributed by atoms with Crippen molar-refractivity contribution in [2.45, 2.75) is 13.0 Å². The number of amides is 3. The summed E-state index contributed by atoms with van der Waals surface area (Å²) in [5.74, 6) is -0.182. The van der Waals surface area contributed by atoms with Gasteiger partial charge in [0.2, 0.25) is 0 Å². The second-order valence-corrected chi connectivity index (χ2v) is 7.13. The molecule has 7 nitrogen and oxygen atoms in total. The molecule has 1 aliphatic heterocycles. The Labute approximate surface area is 156 Å². The van der Waals surface area contributed by atoms with Crippen LogP contribution in [0.5, 0.6) is 0 Å². The van der Waals surface area contributed by atoms with E-state index in [4.69, 9.17) is 10.5 Å². The van der Waals surface area contributed by atoms with Crippen LogP contribution in [-0.4, -0.2) is 43.6 Å². The third-order valence-electron chi connectivity index (χ3n) is 4.17. The van der Waals surface area contributed by atoms with E-state index in [-0.39, 0.29) is 11.9 Å². The van der Waals surface area contributed by atoms with Gasteiger partial charge in [0.15, 0.2) is 0 Å². The number of methoxy groups -OCH3 is 1. The van der Waals surface area contributed by atoms with Crippen molar-refractivity contribution in [1.82, 2.24) is 10.2 Å². The summed E-state index contributed by atoms with van der Waals surface area (Å²) in [5, 5.41) is 5.67. The lowest BCUT2D eigenvalue weighted by atomic mass is 10.1. The Balaban J connectivity index is 1.64. The highest BCUT2D eigenvalue weighted by Crippen LogP contribution is 2.29. The van der Waals surface area contributed by atoms with Gasteiger partial charge in [0.1, 0.15) is 0 Å². The third-order valence-corrected chi connectivity index (χ3v) is 5.40. The number of hydrogen-bond donors (Lipinski definition) is 3. The van der Waals surface area contributed by atoms with Crippen molar-refractivity contribution in [2.24, 2.45) is 0 Å². The molecule has 0 unspecified atom stereocenters. The number of benzene rings is 1. The van der Waals surface area contributed by atoms with Crippen molar-refractivity contribution < 1.29 is 14.3 Å². The number of hydrogen-bond acceptors (Lipinski definition) is 5.